The van der Waals surface area contributed by atoms with Crippen LogP contribution in [0.15, 0.2) is 29.0 Å². The Labute approximate surface area is 118 Å². The Morgan fingerprint density at radius 1 is 1.20 bits per heavy atom. The lowest BCUT2D eigenvalue weighted by molar-refractivity contribution is 0.209. The van der Waals surface area contributed by atoms with Gasteiger partial charge in [-0.1, -0.05) is 0 Å². The summed E-state index contributed by atoms with van der Waals surface area (Å²) in [6, 6.07) is 4.74. The maximum atomic E-state index is 5.32. The number of anilines is 1. The number of hydrogen-bond donors (Lipinski definition) is 0. The van der Waals surface area contributed by atoms with Gasteiger partial charge in [-0.2, -0.15) is 4.98 Å². The Kier molecular flexibility index (Phi) is 3.64. The van der Waals surface area contributed by atoms with Gasteiger partial charge in [-0.15, -0.1) is 0 Å². The third-order valence-corrected chi connectivity index (χ3v) is 3.39. The molecule has 0 saturated heterocycles. The third-order valence-electron chi connectivity index (χ3n) is 3.39. The van der Waals surface area contributed by atoms with Crippen LogP contribution in [0.1, 0.15) is 24.3 Å². The standard InChI is InChI=1S/C14H19N5O/c1-18(2)14-16-13(20-17-14)10-19(12-3-4-12)9-11-5-7-15-8-6-11/h5-8,12H,3-4,9-10H2,1-2H3. The second-order valence-electron chi connectivity index (χ2n) is 5.37. The van der Waals surface area contributed by atoms with Crippen LogP contribution in [0.25, 0.3) is 0 Å². The van der Waals surface area contributed by atoms with Gasteiger partial charge in [0.2, 0.25) is 5.89 Å². The van der Waals surface area contributed by atoms with Crippen LogP contribution in [0, 0.1) is 0 Å². The Hall–Kier alpha value is -1.95. The van der Waals surface area contributed by atoms with E-state index in [9.17, 15) is 0 Å². The second-order valence-corrected chi connectivity index (χ2v) is 5.37. The summed E-state index contributed by atoms with van der Waals surface area (Å²) >= 11 is 0. The van der Waals surface area contributed by atoms with E-state index in [0.29, 0.717) is 24.4 Å². The maximum Gasteiger partial charge on any atom is 0.265 e. The van der Waals surface area contributed by atoms with E-state index >= 15 is 0 Å². The molecule has 0 amide bonds. The number of aromatic nitrogens is 3. The van der Waals surface area contributed by atoms with E-state index in [2.05, 4.69) is 32.2 Å². The van der Waals surface area contributed by atoms with E-state index in [0.717, 1.165) is 6.54 Å². The van der Waals surface area contributed by atoms with Crippen LogP contribution in [0.5, 0.6) is 0 Å². The fraction of sp³-hybridized carbons (Fsp3) is 0.500. The van der Waals surface area contributed by atoms with E-state index in [4.69, 9.17) is 4.52 Å². The number of nitrogens with zero attached hydrogens (tertiary/aromatic N) is 5. The van der Waals surface area contributed by atoms with Crippen molar-refractivity contribution in [3.8, 4) is 0 Å². The fourth-order valence-electron chi connectivity index (χ4n) is 2.14. The zero-order chi connectivity index (χ0) is 13.9. The van der Waals surface area contributed by atoms with Gasteiger partial charge >= 0.3 is 0 Å². The van der Waals surface area contributed by atoms with Crippen LogP contribution < -0.4 is 4.90 Å². The van der Waals surface area contributed by atoms with E-state index in [1.165, 1.54) is 18.4 Å². The van der Waals surface area contributed by atoms with Crippen LogP contribution in [0.2, 0.25) is 0 Å². The molecule has 6 nitrogen and oxygen atoms in total. The topological polar surface area (TPSA) is 58.3 Å². The number of rotatable bonds is 6. The molecule has 2 aromatic rings. The van der Waals surface area contributed by atoms with Crippen LogP contribution in [-0.4, -0.2) is 40.2 Å². The summed E-state index contributed by atoms with van der Waals surface area (Å²) in [5, 5.41) is 3.96. The smallest absolute Gasteiger partial charge is 0.265 e. The minimum atomic E-state index is 0.625. The summed E-state index contributed by atoms with van der Waals surface area (Å²) in [5.74, 6) is 1.30. The van der Waals surface area contributed by atoms with Crippen molar-refractivity contribution >= 4 is 5.95 Å². The third kappa shape index (κ3) is 3.14. The molecule has 1 aliphatic rings. The molecule has 1 fully saturated rings. The molecular weight excluding hydrogens is 254 g/mol. The lowest BCUT2D eigenvalue weighted by atomic mass is 10.2. The number of hydrogen-bond acceptors (Lipinski definition) is 6. The molecule has 1 aliphatic carbocycles. The summed E-state index contributed by atoms with van der Waals surface area (Å²) in [5.41, 5.74) is 1.26. The molecule has 0 aromatic carbocycles. The van der Waals surface area contributed by atoms with Crippen LogP contribution in [0.4, 0.5) is 5.95 Å². The molecule has 2 heterocycles. The van der Waals surface area contributed by atoms with Gasteiger partial charge < -0.3 is 9.42 Å². The average molecular weight is 273 g/mol. The van der Waals surface area contributed by atoms with Gasteiger partial charge in [0.1, 0.15) is 0 Å². The highest BCUT2D eigenvalue weighted by atomic mass is 16.5. The summed E-state index contributed by atoms with van der Waals surface area (Å²) < 4.78 is 5.32. The molecule has 0 aliphatic heterocycles. The molecule has 0 N–H and O–H groups in total. The van der Waals surface area contributed by atoms with E-state index in [1.54, 1.807) is 0 Å². The van der Waals surface area contributed by atoms with Crippen molar-refractivity contribution in [2.45, 2.75) is 32.0 Å². The molecule has 0 radical (unpaired) electrons. The highest BCUT2D eigenvalue weighted by Gasteiger charge is 2.30. The molecule has 106 valence electrons. The highest BCUT2D eigenvalue weighted by molar-refractivity contribution is 5.23. The molecule has 0 unspecified atom stereocenters. The molecule has 2 aromatic heterocycles. The van der Waals surface area contributed by atoms with Crippen molar-refractivity contribution in [1.29, 1.82) is 0 Å². The van der Waals surface area contributed by atoms with Gasteiger partial charge in [0.25, 0.3) is 5.95 Å². The van der Waals surface area contributed by atoms with Crippen LogP contribution in [-0.2, 0) is 13.1 Å². The van der Waals surface area contributed by atoms with Gasteiger partial charge in [0, 0.05) is 39.1 Å². The Morgan fingerprint density at radius 2 is 1.95 bits per heavy atom. The molecular formula is C14H19N5O. The summed E-state index contributed by atoms with van der Waals surface area (Å²) in [7, 11) is 3.81. The average Bonchev–Trinajstić information content (AvgIpc) is 3.19. The predicted octanol–water partition coefficient (Wildman–Crippen LogP) is 1.70. The predicted molar refractivity (Wildman–Crippen MR) is 75.1 cm³/mol. The van der Waals surface area contributed by atoms with Crippen molar-refractivity contribution in [2.24, 2.45) is 0 Å². The SMILES string of the molecule is CN(C)c1noc(CN(Cc2ccncc2)C2CC2)n1. The molecule has 0 atom stereocenters. The minimum Gasteiger partial charge on any atom is -0.344 e. The lowest BCUT2D eigenvalue weighted by Gasteiger charge is -2.19. The molecule has 0 bridgehead atoms. The molecule has 1 saturated carbocycles. The minimum absolute atomic E-state index is 0.625. The fourth-order valence-corrected chi connectivity index (χ4v) is 2.14. The molecule has 3 rings (SSSR count). The van der Waals surface area contributed by atoms with Gasteiger partial charge in [-0.25, -0.2) is 0 Å². The molecule has 6 heteroatoms. The van der Waals surface area contributed by atoms with Crippen LogP contribution >= 0.6 is 0 Å². The van der Waals surface area contributed by atoms with Gasteiger partial charge in [0.05, 0.1) is 6.54 Å². The van der Waals surface area contributed by atoms with Gasteiger partial charge in [-0.3, -0.25) is 9.88 Å². The maximum absolute atomic E-state index is 5.32. The quantitative estimate of drug-likeness (QED) is 0.798. The Balaban J connectivity index is 1.68. The highest BCUT2D eigenvalue weighted by Crippen LogP contribution is 2.29. The van der Waals surface area contributed by atoms with Gasteiger partial charge in [0.15, 0.2) is 0 Å². The van der Waals surface area contributed by atoms with Gasteiger partial charge in [-0.05, 0) is 35.7 Å². The monoisotopic (exact) mass is 273 g/mol. The van der Waals surface area contributed by atoms with E-state index in [1.807, 2.05) is 31.4 Å². The normalized spacial score (nSPS) is 14.8. The molecule has 0 spiro atoms. The first-order valence-corrected chi connectivity index (χ1v) is 6.85. The lowest BCUT2D eigenvalue weighted by Crippen LogP contribution is -2.25. The molecule has 20 heavy (non-hydrogen) atoms. The largest absolute Gasteiger partial charge is 0.344 e. The number of pyridine rings is 1. The Bertz CT molecular complexity index is 550. The zero-order valence-electron chi connectivity index (χ0n) is 11.9. The van der Waals surface area contributed by atoms with Crippen LogP contribution in [0.3, 0.4) is 0 Å². The first kappa shape index (κ1) is 13.1. The zero-order valence-corrected chi connectivity index (χ0v) is 11.9. The summed E-state index contributed by atoms with van der Waals surface area (Å²) in [6.45, 7) is 1.60. The van der Waals surface area contributed by atoms with E-state index in [-0.39, 0.29) is 0 Å². The summed E-state index contributed by atoms with van der Waals surface area (Å²) in [6.07, 6.45) is 6.16. The first-order chi connectivity index (χ1) is 9.72. The van der Waals surface area contributed by atoms with Crippen molar-refractivity contribution in [3.05, 3.63) is 36.0 Å². The van der Waals surface area contributed by atoms with Crippen molar-refractivity contribution in [3.63, 3.8) is 0 Å². The van der Waals surface area contributed by atoms with E-state index < -0.39 is 0 Å². The summed E-state index contributed by atoms with van der Waals surface area (Å²) in [4.78, 5) is 12.7. The first-order valence-electron chi connectivity index (χ1n) is 6.85. The second kappa shape index (κ2) is 5.58. The van der Waals surface area contributed by atoms with Crippen molar-refractivity contribution < 1.29 is 4.52 Å². The van der Waals surface area contributed by atoms with Crippen molar-refractivity contribution in [2.75, 3.05) is 19.0 Å². The Morgan fingerprint density at radius 3 is 2.55 bits per heavy atom. The van der Waals surface area contributed by atoms with Crippen molar-refractivity contribution in [1.82, 2.24) is 20.0 Å².